The lowest BCUT2D eigenvalue weighted by molar-refractivity contribution is -0.127. The Morgan fingerprint density at radius 2 is 1.80 bits per heavy atom. The van der Waals surface area contributed by atoms with Crippen molar-refractivity contribution >= 4 is 28.4 Å². The van der Waals surface area contributed by atoms with E-state index in [2.05, 4.69) is 22.6 Å². The number of carbonyl (C=O) groups is 1. The molecule has 3 rings (SSSR count). The third-order valence-corrected chi connectivity index (χ3v) is 3.88. The maximum absolute atomic E-state index is 12.3. The smallest absolute Gasteiger partial charge is 0.191 e. The third kappa shape index (κ3) is 2.95. The summed E-state index contributed by atoms with van der Waals surface area (Å²) in [5.41, 5.74) is 0.998. The minimum Gasteiger partial charge on any atom is -0.485 e. The first-order valence-corrected chi connectivity index (χ1v) is 7.46. The van der Waals surface area contributed by atoms with Gasteiger partial charge < -0.3 is 9.47 Å². The van der Waals surface area contributed by atoms with Crippen molar-refractivity contribution in [2.24, 2.45) is 0 Å². The first-order chi connectivity index (χ1) is 9.72. The molecule has 0 N–H and O–H groups in total. The highest BCUT2D eigenvalue weighted by Crippen LogP contribution is 2.31. The molecule has 1 unspecified atom stereocenters. The van der Waals surface area contributed by atoms with E-state index < -0.39 is 6.10 Å². The molecular weight excluding hydrogens is 367 g/mol. The Hall–Kier alpha value is -1.56. The molecule has 0 bridgehead atoms. The average molecular weight is 380 g/mol. The molecule has 0 fully saturated rings. The third-order valence-electron chi connectivity index (χ3n) is 3.16. The topological polar surface area (TPSA) is 35.5 Å². The Morgan fingerprint density at radius 3 is 2.55 bits per heavy atom. The van der Waals surface area contributed by atoms with Crippen LogP contribution in [0.5, 0.6) is 11.5 Å². The minimum absolute atomic E-state index is 0.0423. The molecular formula is C16H13IO3. The normalized spacial score (nSPS) is 16.8. The van der Waals surface area contributed by atoms with E-state index in [0.717, 1.165) is 9.13 Å². The van der Waals surface area contributed by atoms with Crippen LogP contribution in [0.3, 0.4) is 0 Å². The second kappa shape index (κ2) is 5.83. The molecule has 1 aliphatic heterocycles. The number of hydrogen-bond donors (Lipinski definition) is 0. The number of hydrogen-bond acceptors (Lipinski definition) is 3. The second-order valence-corrected chi connectivity index (χ2v) is 5.88. The minimum atomic E-state index is -0.524. The van der Waals surface area contributed by atoms with Crippen molar-refractivity contribution in [1.82, 2.24) is 0 Å². The van der Waals surface area contributed by atoms with Crippen LogP contribution in [-0.2, 0) is 11.2 Å². The number of ether oxygens (including phenoxy) is 2. The summed E-state index contributed by atoms with van der Waals surface area (Å²) in [7, 11) is 0. The Labute approximate surface area is 131 Å². The van der Waals surface area contributed by atoms with Crippen LogP contribution in [0.25, 0.3) is 0 Å². The van der Waals surface area contributed by atoms with E-state index in [1.54, 1.807) is 0 Å². The summed E-state index contributed by atoms with van der Waals surface area (Å²) < 4.78 is 12.4. The number of para-hydroxylation sites is 2. The van der Waals surface area contributed by atoms with Crippen LogP contribution in [-0.4, -0.2) is 18.5 Å². The van der Waals surface area contributed by atoms with E-state index in [1.165, 1.54) is 0 Å². The van der Waals surface area contributed by atoms with Crippen molar-refractivity contribution in [3.05, 3.63) is 57.7 Å². The summed E-state index contributed by atoms with van der Waals surface area (Å²) in [5, 5.41) is 0. The number of rotatable bonds is 3. The van der Waals surface area contributed by atoms with Gasteiger partial charge in [-0.1, -0.05) is 24.3 Å². The highest BCUT2D eigenvalue weighted by atomic mass is 127. The monoisotopic (exact) mass is 380 g/mol. The van der Waals surface area contributed by atoms with Crippen molar-refractivity contribution in [2.45, 2.75) is 12.5 Å². The fraction of sp³-hybridized carbons (Fsp3) is 0.188. The van der Waals surface area contributed by atoms with Crippen LogP contribution in [0, 0.1) is 3.57 Å². The molecule has 0 amide bonds. The zero-order valence-electron chi connectivity index (χ0n) is 10.7. The number of Topliss-reactive ketones (excluding diaryl/α,β-unsaturated/α-hetero) is 1. The van der Waals surface area contributed by atoms with Gasteiger partial charge in [0.1, 0.15) is 6.61 Å². The summed E-state index contributed by atoms with van der Waals surface area (Å²) in [5.74, 6) is 1.38. The lowest BCUT2D eigenvalue weighted by Gasteiger charge is -2.25. The number of fused-ring (bicyclic) bond motifs is 1. The van der Waals surface area contributed by atoms with E-state index in [1.807, 2.05) is 48.5 Å². The molecule has 0 aromatic heterocycles. The fourth-order valence-corrected chi connectivity index (χ4v) is 2.46. The van der Waals surface area contributed by atoms with E-state index in [4.69, 9.17) is 9.47 Å². The van der Waals surface area contributed by atoms with Crippen LogP contribution in [0.1, 0.15) is 5.56 Å². The van der Waals surface area contributed by atoms with Gasteiger partial charge in [0.15, 0.2) is 23.4 Å². The molecule has 0 saturated heterocycles. The van der Waals surface area contributed by atoms with Crippen molar-refractivity contribution < 1.29 is 14.3 Å². The number of benzene rings is 2. The molecule has 2 aromatic carbocycles. The first-order valence-electron chi connectivity index (χ1n) is 6.38. The van der Waals surface area contributed by atoms with Crippen LogP contribution < -0.4 is 9.47 Å². The van der Waals surface area contributed by atoms with Crippen molar-refractivity contribution in [2.75, 3.05) is 6.61 Å². The number of ketones is 1. The van der Waals surface area contributed by atoms with Gasteiger partial charge in [0.05, 0.1) is 0 Å². The molecule has 3 nitrogen and oxygen atoms in total. The molecule has 0 aliphatic carbocycles. The predicted octanol–water partition coefficient (Wildman–Crippen LogP) is 3.24. The van der Waals surface area contributed by atoms with Crippen molar-refractivity contribution in [3.8, 4) is 11.5 Å². The lowest BCUT2D eigenvalue weighted by Crippen LogP contribution is -2.37. The molecule has 1 atom stereocenters. The van der Waals surface area contributed by atoms with Gasteiger partial charge >= 0.3 is 0 Å². The van der Waals surface area contributed by atoms with Crippen molar-refractivity contribution in [1.29, 1.82) is 0 Å². The van der Waals surface area contributed by atoms with Crippen LogP contribution in [0.15, 0.2) is 48.5 Å². The van der Waals surface area contributed by atoms with Gasteiger partial charge in [-0.25, -0.2) is 0 Å². The quantitative estimate of drug-likeness (QED) is 0.768. The van der Waals surface area contributed by atoms with Crippen molar-refractivity contribution in [3.63, 3.8) is 0 Å². The standard InChI is InChI=1S/C16H13IO3/c17-12-7-5-11(6-8-12)9-13(18)16-10-19-14-3-1-2-4-15(14)20-16/h1-8,16H,9-10H2. The Balaban J connectivity index is 1.68. The zero-order chi connectivity index (χ0) is 13.9. The van der Waals surface area contributed by atoms with Gasteiger partial charge in [0.25, 0.3) is 0 Å². The van der Waals surface area contributed by atoms with E-state index in [-0.39, 0.29) is 12.4 Å². The predicted molar refractivity (Wildman–Crippen MR) is 84.2 cm³/mol. The van der Waals surface area contributed by atoms with Crippen LogP contribution in [0.4, 0.5) is 0 Å². The fourth-order valence-electron chi connectivity index (χ4n) is 2.10. The molecule has 1 heterocycles. The van der Waals surface area contributed by atoms with Gasteiger partial charge in [-0.15, -0.1) is 0 Å². The van der Waals surface area contributed by atoms with Gasteiger partial charge in [-0.2, -0.15) is 0 Å². The maximum atomic E-state index is 12.3. The van der Waals surface area contributed by atoms with E-state index in [0.29, 0.717) is 17.9 Å². The van der Waals surface area contributed by atoms with Crippen LogP contribution >= 0.6 is 22.6 Å². The first kappa shape index (κ1) is 13.4. The maximum Gasteiger partial charge on any atom is 0.191 e. The number of carbonyl (C=O) groups excluding carboxylic acids is 1. The summed E-state index contributed by atoms with van der Waals surface area (Å²) in [4.78, 5) is 12.3. The molecule has 102 valence electrons. The summed E-state index contributed by atoms with van der Waals surface area (Å²) in [6.45, 7) is 0.278. The number of halogens is 1. The molecule has 0 radical (unpaired) electrons. The van der Waals surface area contributed by atoms with Crippen LogP contribution in [0.2, 0.25) is 0 Å². The Morgan fingerprint density at radius 1 is 1.10 bits per heavy atom. The van der Waals surface area contributed by atoms with Gasteiger partial charge in [0.2, 0.25) is 0 Å². The summed E-state index contributed by atoms with van der Waals surface area (Å²) in [6.07, 6.45) is -0.156. The summed E-state index contributed by atoms with van der Waals surface area (Å²) in [6, 6.07) is 15.3. The lowest BCUT2D eigenvalue weighted by atomic mass is 10.1. The highest BCUT2D eigenvalue weighted by Gasteiger charge is 2.26. The molecule has 0 spiro atoms. The highest BCUT2D eigenvalue weighted by molar-refractivity contribution is 14.1. The van der Waals surface area contributed by atoms with Gasteiger partial charge in [-0.05, 0) is 52.4 Å². The van der Waals surface area contributed by atoms with E-state index in [9.17, 15) is 4.79 Å². The molecule has 0 saturated carbocycles. The Kier molecular flexibility index (Phi) is 3.91. The van der Waals surface area contributed by atoms with Gasteiger partial charge in [0, 0.05) is 9.99 Å². The molecule has 20 heavy (non-hydrogen) atoms. The average Bonchev–Trinajstić information content (AvgIpc) is 2.49. The SMILES string of the molecule is O=C(Cc1ccc(I)cc1)C1COc2ccccc2O1. The zero-order valence-corrected chi connectivity index (χ0v) is 12.9. The van der Waals surface area contributed by atoms with E-state index >= 15 is 0 Å². The summed E-state index contributed by atoms with van der Waals surface area (Å²) >= 11 is 2.24. The molecule has 1 aliphatic rings. The Bertz CT molecular complexity index is 622. The second-order valence-electron chi connectivity index (χ2n) is 4.63. The largest absolute Gasteiger partial charge is 0.485 e. The molecule has 2 aromatic rings. The van der Waals surface area contributed by atoms with Gasteiger partial charge in [-0.3, -0.25) is 4.79 Å². The molecule has 4 heteroatoms.